The summed E-state index contributed by atoms with van der Waals surface area (Å²) in [6.45, 7) is 10.3. The molecule has 3 aromatic rings. The summed E-state index contributed by atoms with van der Waals surface area (Å²) >= 11 is 7.52. The Labute approximate surface area is 179 Å². The molecule has 0 radical (unpaired) electrons. The molecular weight excluding hydrogens is 409 g/mol. The summed E-state index contributed by atoms with van der Waals surface area (Å²) in [5.74, 6) is 1.52. The van der Waals surface area contributed by atoms with Gasteiger partial charge in [-0.25, -0.2) is 4.39 Å². The lowest BCUT2D eigenvalue weighted by atomic mass is 10.1. The minimum atomic E-state index is -0.327. The Balaban J connectivity index is 1.81. The minimum absolute atomic E-state index is 0.310. The summed E-state index contributed by atoms with van der Waals surface area (Å²) in [7, 11) is 0. The Bertz CT molecular complexity index is 1000. The van der Waals surface area contributed by atoms with Crippen LogP contribution in [0.4, 0.5) is 4.39 Å². The minimum Gasteiger partial charge on any atom is -0.482 e. The third-order valence-electron chi connectivity index (χ3n) is 4.46. The van der Waals surface area contributed by atoms with Crippen molar-refractivity contribution in [2.45, 2.75) is 44.3 Å². The topological polar surface area (TPSA) is 39.9 Å². The van der Waals surface area contributed by atoms with Crippen LogP contribution in [0.2, 0.25) is 5.02 Å². The molecule has 2 aromatic carbocycles. The number of nitrogens with zero attached hydrogens (tertiary/aromatic N) is 3. The Kier molecular flexibility index (Phi) is 6.98. The number of aryl methyl sites for hydroxylation is 2. The van der Waals surface area contributed by atoms with Gasteiger partial charge in [0.1, 0.15) is 11.6 Å². The molecule has 1 atom stereocenters. The normalized spacial score (nSPS) is 12.0. The van der Waals surface area contributed by atoms with Gasteiger partial charge < -0.3 is 4.74 Å². The van der Waals surface area contributed by atoms with E-state index in [4.69, 9.17) is 16.3 Å². The highest BCUT2D eigenvalue weighted by molar-refractivity contribution is 7.98. The molecule has 0 bridgehead atoms. The number of benzene rings is 2. The van der Waals surface area contributed by atoms with Gasteiger partial charge in [0.15, 0.2) is 17.1 Å². The molecule has 4 nitrogen and oxygen atoms in total. The van der Waals surface area contributed by atoms with Crippen LogP contribution in [0.1, 0.15) is 35.5 Å². The molecule has 1 unspecified atom stereocenters. The van der Waals surface area contributed by atoms with E-state index in [9.17, 15) is 4.39 Å². The van der Waals surface area contributed by atoms with Crippen LogP contribution in [0, 0.1) is 19.7 Å². The first-order valence-electron chi connectivity index (χ1n) is 9.24. The molecule has 0 N–H and O–H groups in total. The maximum absolute atomic E-state index is 14.1. The third kappa shape index (κ3) is 5.00. The van der Waals surface area contributed by atoms with E-state index in [0.717, 1.165) is 11.3 Å². The summed E-state index contributed by atoms with van der Waals surface area (Å²) in [6.07, 6.45) is 1.46. The fourth-order valence-corrected chi connectivity index (χ4v) is 4.29. The summed E-state index contributed by atoms with van der Waals surface area (Å²) in [5.41, 5.74) is 2.70. The summed E-state index contributed by atoms with van der Waals surface area (Å²) < 4.78 is 22.1. The Morgan fingerprint density at radius 1 is 1.28 bits per heavy atom. The van der Waals surface area contributed by atoms with Crippen molar-refractivity contribution in [2.24, 2.45) is 0 Å². The zero-order valence-electron chi connectivity index (χ0n) is 16.7. The van der Waals surface area contributed by atoms with Crippen LogP contribution < -0.4 is 4.74 Å². The molecule has 3 rings (SSSR count). The Hall–Kier alpha value is -2.31. The second-order valence-electron chi connectivity index (χ2n) is 6.76. The quantitative estimate of drug-likeness (QED) is 0.309. The van der Waals surface area contributed by atoms with E-state index in [-0.39, 0.29) is 11.9 Å². The highest BCUT2D eigenvalue weighted by Crippen LogP contribution is 2.30. The maximum atomic E-state index is 14.1. The van der Waals surface area contributed by atoms with Gasteiger partial charge in [-0.2, -0.15) is 0 Å². The van der Waals surface area contributed by atoms with E-state index < -0.39 is 0 Å². The second-order valence-corrected chi connectivity index (χ2v) is 8.11. The number of halogens is 2. The summed E-state index contributed by atoms with van der Waals surface area (Å²) in [6, 6.07) is 10.7. The third-order valence-corrected chi connectivity index (χ3v) is 5.81. The monoisotopic (exact) mass is 431 g/mol. The lowest BCUT2D eigenvalue weighted by Gasteiger charge is -2.17. The number of ether oxygens (including phenoxy) is 1. The fourth-order valence-electron chi connectivity index (χ4n) is 2.99. The molecule has 7 heteroatoms. The molecule has 29 heavy (non-hydrogen) atoms. The first kappa shape index (κ1) is 21.4. The van der Waals surface area contributed by atoms with Crippen LogP contribution in [0.25, 0.3) is 0 Å². The van der Waals surface area contributed by atoms with Gasteiger partial charge in [0.25, 0.3) is 0 Å². The van der Waals surface area contributed by atoms with Crippen LogP contribution in [0.5, 0.6) is 5.75 Å². The molecule has 0 aliphatic rings. The maximum Gasteiger partial charge on any atom is 0.191 e. The van der Waals surface area contributed by atoms with Crippen molar-refractivity contribution in [3.8, 4) is 5.75 Å². The largest absolute Gasteiger partial charge is 0.482 e. The molecule has 0 fully saturated rings. The number of hydrogen-bond acceptors (Lipinski definition) is 4. The van der Waals surface area contributed by atoms with Gasteiger partial charge in [0.05, 0.1) is 0 Å². The number of thioether (sulfide) groups is 1. The van der Waals surface area contributed by atoms with E-state index in [0.29, 0.717) is 33.9 Å². The van der Waals surface area contributed by atoms with Crippen LogP contribution in [0.15, 0.2) is 54.2 Å². The van der Waals surface area contributed by atoms with Crippen molar-refractivity contribution in [3.05, 3.63) is 82.4 Å². The summed E-state index contributed by atoms with van der Waals surface area (Å²) in [5, 5.41) is 9.68. The molecule has 0 aliphatic heterocycles. The van der Waals surface area contributed by atoms with Crippen LogP contribution in [-0.2, 0) is 12.3 Å². The van der Waals surface area contributed by atoms with Gasteiger partial charge in [0, 0.05) is 22.9 Å². The SMILES string of the molecule is C=CCn1c(SCc2c(F)cccc2Cl)nnc1C(C)Oc1ccc(C)cc1C. The van der Waals surface area contributed by atoms with Crippen molar-refractivity contribution >= 4 is 23.4 Å². The molecule has 0 spiro atoms. The Morgan fingerprint density at radius 3 is 2.76 bits per heavy atom. The molecule has 0 amide bonds. The van der Waals surface area contributed by atoms with Gasteiger partial charge in [-0.3, -0.25) is 4.57 Å². The van der Waals surface area contributed by atoms with Crippen LogP contribution >= 0.6 is 23.4 Å². The standard InChI is InChI=1S/C22H23ClFN3OS/c1-5-11-27-21(16(4)28-20-10-9-14(2)12-15(20)3)25-26-22(27)29-13-17-18(23)7-6-8-19(17)24/h5-10,12,16H,1,11,13H2,2-4H3. The molecule has 0 saturated carbocycles. The zero-order valence-corrected chi connectivity index (χ0v) is 18.2. The molecule has 152 valence electrons. The van der Waals surface area contributed by atoms with Crippen LogP contribution in [-0.4, -0.2) is 14.8 Å². The first-order valence-corrected chi connectivity index (χ1v) is 10.6. The average Bonchev–Trinajstić information content (AvgIpc) is 3.07. The van der Waals surface area contributed by atoms with Crippen molar-refractivity contribution < 1.29 is 9.13 Å². The number of rotatable bonds is 8. The lowest BCUT2D eigenvalue weighted by Crippen LogP contribution is -2.12. The van der Waals surface area contributed by atoms with Crippen molar-refractivity contribution in [1.29, 1.82) is 0 Å². The van der Waals surface area contributed by atoms with E-state index in [1.807, 2.05) is 37.5 Å². The molecule has 0 saturated heterocycles. The van der Waals surface area contributed by atoms with E-state index in [2.05, 4.69) is 22.8 Å². The summed E-state index contributed by atoms with van der Waals surface area (Å²) in [4.78, 5) is 0. The number of allylic oxidation sites excluding steroid dienone is 1. The number of aromatic nitrogens is 3. The lowest BCUT2D eigenvalue weighted by molar-refractivity contribution is 0.209. The smallest absolute Gasteiger partial charge is 0.191 e. The van der Waals surface area contributed by atoms with Crippen molar-refractivity contribution in [3.63, 3.8) is 0 Å². The first-order chi connectivity index (χ1) is 13.9. The predicted molar refractivity (Wildman–Crippen MR) is 116 cm³/mol. The van der Waals surface area contributed by atoms with Gasteiger partial charge in [-0.1, -0.05) is 53.2 Å². The number of hydrogen-bond donors (Lipinski definition) is 0. The van der Waals surface area contributed by atoms with Crippen molar-refractivity contribution in [2.75, 3.05) is 0 Å². The van der Waals surface area contributed by atoms with E-state index in [1.165, 1.54) is 23.4 Å². The molecule has 1 aromatic heterocycles. The average molecular weight is 432 g/mol. The molecular formula is C22H23ClFN3OS. The van der Waals surface area contributed by atoms with E-state index in [1.54, 1.807) is 18.2 Å². The van der Waals surface area contributed by atoms with E-state index >= 15 is 0 Å². The predicted octanol–water partition coefficient (Wildman–Crippen LogP) is 6.31. The van der Waals surface area contributed by atoms with Crippen molar-refractivity contribution in [1.82, 2.24) is 14.8 Å². The molecule has 0 aliphatic carbocycles. The van der Waals surface area contributed by atoms with Gasteiger partial charge in [-0.15, -0.1) is 16.8 Å². The van der Waals surface area contributed by atoms with Gasteiger partial charge in [0.2, 0.25) is 0 Å². The fraction of sp³-hybridized carbons (Fsp3) is 0.273. The molecule has 1 heterocycles. The Morgan fingerprint density at radius 2 is 2.07 bits per heavy atom. The zero-order chi connectivity index (χ0) is 21.0. The van der Waals surface area contributed by atoms with Crippen LogP contribution in [0.3, 0.4) is 0 Å². The highest BCUT2D eigenvalue weighted by Gasteiger charge is 2.20. The van der Waals surface area contributed by atoms with Gasteiger partial charge in [-0.05, 0) is 44.5 Å². The van der Waals surface area contributed by atoms with Gasteiger partial charge >= 0.3 is 0 Å². The highest BCUT2D eigenvalue weighted by atomic mass is 35.5. The second kappa shape index (κ2) is 9.46.